The molecule has 1 heterocycles. The van der Waals surface area contributed by atoms with Gasteiger partial charge in [-0.15, -0.1) is 0 Å². The van der Waals surface area contributed by atoms with E-state index in [4.69, 9.17) is 18.0 Å². The van der Waals surface area contributed by atoms with Gasteiger partial charge in [-0.25, -0.2) is 0 Å². The van der Waals surface area contributed by atoms with Crippen LogP contribution in [0.25, 0.3) is 0 Å². The van der Waals surface area contributed by atoms with E-state index < -0.39 is 0 Å². The molecule has 0 amide bonds. The van der Waals surface area contributed by atoms with Crippen LogP contribution >= 0.6 is 12.2 Å². The van der Waals surface area contributed by atoms with Crippen LogP contribution in [0.5, 0.6) is 0 Å². The molecular formula is C12H17N3O2S. The maximum absolute atomic E-state index is 11.3. The summed E-state index contributed by atoms with van der Waals surface area (Å²) in [5.41, 5.74) is 6.90. The van der Waals surface area contributed by atoms with E-state index in [1.807, 2.05) is 17.9 Å². The van der Waals surface area contributed by atoms with E-state index in [0.29, 0.717) is 5.69 Å². The molecule has 0 atom stereocenters. The first kappa shape index (κ1) is 14.4. The highest BCUT2D eigenvalue weighted by atomic mass is 32.1. The van der Waals surface area contributed by atoms with E-state index in [1.165, 1.54) is 7.11 Å². The molecule has 0 aliphatic carbocycles. The molecule has 98 valence electrons. The van der Waals surface area contributed by atoms with E-state index in [-0.39, 0.29) is 17.5 Å². The van der Waals surface area contributed by atoms with E-state index in [9.17, 15) is 4.79 Å². The predicted molar refractivity (Wildman–Crippen MR) is 74.6 cm³/mol. The number of carbonyl (C=O) groups is 1. The molecule has 0 spiro atoms. The Kier molecular flexibility index (Phi) is 5.51. The van der Waals surface area contributed by atoms with E-state index in [1.54, 1.807) is 12.3 Å². The van der Waals surface area contributed by atoms with Crippen molar-refractivity contribution in [2.45, 2.75) is 13.3 Å². The zero-order chi connectivity index (χ0) is 13.5. The molecule has 1 aromatic heterocycles. The number of carbonyl (C=O) groups excluding carboxylic acids is 1. The molecule has 0 fully saturated rings. The number of nitrogens with two attached hydrogens (primary N) is 1. The second-order valence-corrected chi connectivity index (χ2v) is 4.20. The minimum atomic E-state index is -0.276. The number of anilines is 1. The van der Waals surface area contributed by atoms with Gasteiger partial charge in [0.15, 0.2) is 0 Å². The number of hydrogen-bond acceptors (Lipinski definition) is 5. The normalized spacial score (nSPS) is 9.89. The summed E-state index contributed by atoms with van der Waals surface area (Å²) in [6.45, 7) is 3.00. The lowest BCUT2D eigenvalue weighted by Gasteiger charge is -2.22. The Bertz CT molecular complexity index is 420. The summed E-state index contributed by atoms with van der Waals surface area (Å²) < 4.78 is 4.67. The number of hydrogen-bond donors (Lipinski definition) is 1. The zero-order valence-electron chi connectivity index (χ0n) is 10.5. The van der Waals surface area contributed by atoms with Crippen LogP contribution in [0, 0.1) is 0 Å². The third-order valence-electron chi connectivity index (χ3n) is 2.41. The van der Waals surface area contributed by atoms with Crippen LogP contribution in [0.1, 0.15) is 19.0 Å². The fraction of sp³-hybridized carbons (Fsp3) is 0.417. The van der Waals surface area contributed by atoms with Crippen molar-refractivity contribution in [3.05, 3.63) is 24.0 Å². The number of rotatable bonds is 6. The summed E-state index contributed by atoms with van der Waals surface area (Å²) in [6.07, 6.45) is 2.58. The van der Waals surface area contributed by atoms with E-state index in [2.05, 4.69) is 9.72 Å². The maximum Gasteiger partial charge on any atom is 0.325 e. The Morgan fingerprint density at radius 2 is 2.28 bits per heavy atom. The monoisotopic (exact) mass is 267 g/mol. The largest absolute Gasteiger partial charge is 0.468 e. The number of methoxy groups -OCH3 is 1. The second kappa shape index (κ2) is 6.90. The van der Waals surface area contributed by atoms with Crippen molar-refractivity contribution in [3.63, 3.8) is 0 Å². The molecule has 6 heteroatoms. The Hall–Kier alpha value is -1.69. The van der Waals surface area contributed by atoms with Crippen LogP contribution in [0.2, 0.25) is 0 Å². The summed E-state index contributed by atoms with van der Waals surface area (Å²) in [5, 5.41) is 0. The number of nitrogens with zero attached hydrogens (tertiary/aromatic N) is 2. The summed E-state index contributed by atoms with van der Waals surface area (Å²) >= 11 is 4.84. The Balaban J connectivity index is 2.84. The fourth-order valence-electron chi connectivity index (χ4n) is 1.51. The lowest BCUT2D eigenvalue weighted by atomic mass is 10.3. The summed E-state index contributed by atoms with van der Waals surface area (Å²) in [4.78, 5) is 17.6. The van der Waals surface area contributed by atoms with Crippen LogP contribution < -0.4 is 10.6 Å². The lowest BCUT2D eigenvalue weighted by molar-refractivity contribution is -0.138. The fourth-order valence-corrected chi connectivity index (χ4v) is 1.63. The van der Waals surface area contributed by atoms with Crippen LogP contribution in [0.3, 0.4) is 0 Å². The number of aromatic nitrogens is 1. The van der Waals surface area contributed by atoms with Crippen molar-refractivity contribution >= 4 is 28.9 Å². The van der Waals surface area contributed by atoms with Crippen molar-refractivity contribution in [2.24, 2.45) is 5.73 Å². The molecule has 0 saturated heterocycles. The van der Waals surface area contributed by atoms with Crippen molar-refractivity contribution < 1.29 is 9.53 Å². The van der Waals surface area contributed by atoms with Gasteiger partial charge in [0.05, 0.1) is 24.7 Å². The second-order valence-electron chi connectivity index (χ2n) is 3.76. The number of pyridine rings is 1. The summed E-state index contributed by atoms with van der Waals surface area (Å²) in [5.74, 6) is -0.276. The van der Waals surface area contributed by atoms with Crippen LogP contribution in [0.4, 0.5) is 5.69 Å². The summed E-state index contributed by atoms with van der Waals surface area (Å²) in [7, 11) is 1.38. The molecule has 18 heavy (non-hydrogen) atoms. The number of ether oxygens (including phenoxy) is 1. The minimum absolute atomic E-state index is 0.207. The van der Waals surface area contributed by atoms with E-state index >= 15 is 0 Å². The Morgan fingerprint density at radius 1 is 1.56 bits per heavy atom. The van der Waals surface area contributed by atoms with Crippen molar-refractivity contribution in [1.29, 1.82) is 0 Å². The van der Waals surface area contributed by atoms with Gasteiger partial charge in [0.2, 0.25) is 0 Å². The van der Waals surface area contributed by atoms with Crippen LogP contribution in [-0.4, -0.2) is 36.1 Å². The first-order chi connectivity index (χ1) is 8.58. The van der Waals surface area contributed by atoms with Gasteiger partial charge in [-0.3, -0.25) is 9.78 Å². The molecule has 0 aromatic carbocycles. The Labute approximate surface area is 112 Å². The predicted octanol–water partition coefficient (Wildman–Crippen LogP) is 1.11. The molecule has 5 nitrogen and oxygen atoms in total. The average Bonchev–Trinajstić information content (AvgIpc) is 2.38. The quantitative estimate of drug-likeness (QED) is 0.615. The van der Waals surface area contributed by atoms with Gasteiger partial charge in [-0.1, -0.05) is 19.1 Å². The molecular weight excluding hydrogens is 250 g/mol. The van der Waals surface area contributed by atoms with Gasteiger partial charge >= 0.3 is 5.97 Å². The highest BCUT2D eigenvalue weighted by Gasteiger charge is 2.11. The van der Waals surface area contributed by atoms with Gasteiger partial charge in [-0.05, 0) is 18.6 Å². The first-order valence-corrected chi connectivity index (χ1v) is 6.07. The topological polar surface area (TPSA) is 68.5 Å². The maximum atomic E-state index is 11.3. The van der Waals surface area contributed by atoms with Crippen molar-refractivity contribution in [1.82, 2.24) is 4.98 Å². The zero-order valence-corrected chi connectivity index (χ0v) is 11.4. The van der Waals surface area contributed by atoms with Gasteiger partial charge in [0.1, 0.15) is 11.5 Å². The van der Waals surface area contributed by atoms with Gasteiger partial charge in [0.25, 0.3) is 0 Å². The lowest BCUT2D eigenvalue weighted by Crippen LogP contribution is -2.31. The molecule has 0 aliphatic heterocycles. The minimum Gasteiger partial charge on any atom is -0.468 e. The molecule has 0 bridgehead atoms. The van der Waals surface area contributed by atoms with Gasteiger partial charge < -0.3 is 15.4 Å². The molecule has 1 aromatic rings. The number of esters is 1. The first-order valence-electron chi connectivity index (χ1n) is 5.66. The molecule has 2 N–H and O–H groups in total. The van der Waals surface area contributed by atoms with Crippen molar-refractivity contribution in [2.75, 3.05) is 25.1 Å². The van der Waals surface area contributed by atoms with E-state index in [0.717, 1.165) is 18.7 Å². The average molecular weight is 267 g/mol. The SMILES string of the molecule is CCCN(CC(=O)OC)c1ccc(C(N)=S)nc1. The molecule has 0 aliphatic rings. The smallest absolute Gasteiger partial charge is 0.325 e. The highest BCUT2D eigenvalue weighted by Crippen LogP contribution is 2.13. The number of thiocarbonyl (C=S) groups is 1. The summed E-state index contributed by atoms with van der Waals surface area (Å²) in [6, 6.07) is 3.59. The molecule has 0 radical (unpaired) electrons. The molecule has 0 unspecified atom stereocenters. The third-order valence-corrected chi connectivity index (χ3v) is 2.62. The molecule has 0 saturated carbocycles. The Morgan fingerprint density at radius 3 is 2.72 bits per heavy atom. The van der Waals surface area contributed by atoms with Crippen molar-refractivity contribution in [3.8, 4) is 0 Å². The van der Waals surface area contributed by atoms with Crippen LogP contribution in [-0.2, 0) is 9.53 Å². The third kappa shape index (κ3) is 3.96. The highest BCUT2D eigenvalue weighted by molar-refractivity contribution is 7.80. The standard InChI is InChI=1S/C12H17N3O2S/c1-3-6-15(8-11(16)17-2)9-4-5-10(12(13)18)14-7-9/h4-5,7H,3,6,8H2,1-2H3,(H2,13,18). The van der Waals surface area contributed by atoms with Crippen LogP contribution in [0.15, 0.2) is 18.3 Å². The van der Waals surface area contributed by atoms with Gasteiger partial charge in [0, 0.05) is 6.54 Å². The van der Waals surface area contributed by atoms with Gasteiger partial charge in [-0.2, -0.15) is 0 Å². The molecule has 1 rings (SSSR count).